The van der Waals surface area contributed by atoms with E-state index in [1.54, 1.807) is 12.1 Å². The first-order valence-electron chi connectivity index (χ1n) is 5.63. The van der Waals surface area contributed by atoms with Crippen molar-refractivity contribution in [3.63, 3.8) is 0 Å². The molecule has 0 saturated heterocycles. The molecule has 0 spiro atoms. The second-order valence-corrected chi connectivity index (χ2v) is 5.38. The number of hydrogen-bond acceptors (Lipinski definition) is 7. The molecule has 13 heteroatoms. The van der Waals surface area contributed by atoms with Crippen molar-refractivity contribution in [3.8, 4) is 0 Å². The van der Waals surface area contributed by atoms with Crippen LogP contribution in [0.1, 0.15) is 14.6 Å². The SMILES string of the molecule is O=C(O)O.O=C1NS(=O)(=O)c2ccccc21.OCC(O)CO.[Ca+2].[H-].[H-].[H-].[Na+]. The van der Waals surface area contributed by atoms with E-state index < -0.39 is 28.2 Å². The van der Waals surface area contributed by atoms with Crippen LogP contribution in [0.3, 0.4) is 0 Å². The van der Waals surface area contributed by atoms with Crippen molar-refractivity contribution in [2.45, 2.75) is 11.0 Å². The van der Waals surface area contributed by atoms with Gasteiger partial charge >= 0.3 is 73.5 Å². The molecule has 130 valence electrons. The number of benzene rings is 1. The van der Waals surface area contributed by atoms with E-state index in [0.29, 0.717) is 0 Å². The first-order valence-corrected chi connectivity index (χ1v) is 7.11. The van der Waals surface area contributed by atoms with Gasteiger partial charge in [0.15, 0.2) is 0 Å². The minimum atomic E-state index is -3.55. The van der Waals surface area contributed by atoms with Gasteiger partial charge < -0.3 is 29.8 Å². The largest absolute Gasteiger partial charge is 2.00 e. The van der Waals surface area contributed by atoms with Crippen molar-refractivity contribution < 1.29 is 77.4 Å². The molecule has 1 heterocycles. The molecule has 0 radical (unpaired) electrons. The van der Waals surface area contributed by atoms with Crippen LogP contribution in [0.15, 0.2) is 29.2 Å². The molecule has 1 aromatic rings. The molecule has 1 aliphatic rings. The molecular weight excluding hydrogens is 385 g/mol. The summed E-state index contributed by atoms with van der Waals surface area (Å²) < 4.78 is 24.2. The second kappa shape index (κ2) is 14.2. The van der Waals surface area contributed by atoms with Gasteiger partial charge in [0.1, 0.15) is 11.0 Å². The number of sulfonamides is 1. The van der Waals surface area contributed by atoms with E-state index in [0.717, 1.165) is 0 Å². The van der Waals surface area contributed by atoms with E-state index in [1.165, 1.54) is 12.1 Å². The van der Waals surface area contributed by atoms with Gasteiger partial charge in [-0.25, -0.2) is 17.9 Å². The Labute approximate surface area is 194 Å². The molecule has 6 N–H and O–H groups in total. The fourth-order valence-electron chi connectivity index (χ4n) is 1.18. The van der Waals surface area contributed by atoms with Crippen LogP contribution < -0.4 is 34.3 Å². The van der Waals surface area contributed by atoms with Crippen molar-refractivity contribution in [1.29, 1.82) is 0 Å². The third-order valence-electron chi connectivity index (χ3n) is 2.07. The number of carbonyl (C=O) groups excluding carboxylic acids is 1. The summed E-state index contributed by atoms with van der Waals surface area (Å²) in [6.07, 6.45) is -2.79. The maximum Gasteiger partial charge on any atom is 2.00 e. The Kier molecular flexibility index (Phi) is 17.1. The summed E-state index contributed by atoms with van der Waals surface area (Å²) in [6, 6.07) is 6.09. The molecule has 0 aromatic heterocycles. The van der Waals surface area contributed by atoms with Crippen LogP contribution in [0.25, 0.3) is 0 Å². The Morgan fingerprint density at radius 1 is 1.17 bits per heavy atom. The van der Waals surface area contributed by atoms with Crippen molar-refractivity contribution >= 4 is 59.8 Å². The van der Waals surface area contributed by atoms with Gasteiger partial charge in [-0.3, -0.25) is 4.79 Å². The van der Waals surface area contributed by atoms with Crippen molar-refractivity contribution in [2.75, 3.05) is 13.2 Å². The molecule has 1 aliphatic heterocycles. The smallest absolute Gasteiger partial charge is 1.00 e. The predicted molar refractivity (Wildman–Crippen MR) is 81.0 cm³/mol. The molecule has 1 amide bonds. The Balaban J connectivity index is -0.0000000648. The van der Waals surface area contributed by atoms with E-state index in [1.807, 2.05) is 4.72 Å². The molecule has 2 rings (SSSR count). The van der Waals surface area contributed by atoms with Gasteiger partial charge in [-0.2, -0.15) is 0 Å². The van der Waals surface area contributed by atoms with Gasteiger partial charge in [-0.15, -0.1) is 0 Å². The van der Waals surface area contributed by atoms with Crippen molar-refractivity contribution in [1.82, 2.24) is 4.72 Å². The van der Waals surface area contributed by atoms with Crippen molar-refractivity contribution in [3.05, 3.63) is 29.8 Å². The van der Waals surface area contributed by atoms with Crippen LogP contribution in [-0.4, -0.2) is 103 Å². The quantitative estimate of drug-likeness (QED) is 0.266. The Morgan fingerprint density at radius 3 is 1.92 bits per heavy atom. The normalized spacial score (nSPS) is 12.8. The summed E-state index contributed by atoms with van der Waals surface area (Å²) in [5.74, 6) is -0.550. The van der Waals surface area contributed by atoms with E-state index >= 15 is 0 Å². The number of carboxylic acid groups (broad SMARTS) is 2. The summed E-state index contributed by atoms with van der Waals surface area (Å²) in [6.45, 7) is -0.729. The molecule has 0 fully saturated rings. The van der Waals surface area contributed by atoms with E-state index in [9.17, 15) is 13.2 Å². The fraction of sp³-hybridized carbons (Fsp3) is 0.273. The Bertz CT molecular complexity index is 631. The molecule has 1 aromatic carbocycles. The summed E-state index contributed by atoms with van der Waals surface area (Å²) >= 11 is 0. The first kappa shape index (κ1) is 28.8. The van der Waals surface area contributed by atoms with Gasteiger partial charge in [0, 0.05) is 0 Å². The predicted octanol–water partition coefficient (Wildman–Crippen LogP) is -4.37. The minimum Gasteiger partial charge on any atom is -1.00 e. The number of aliphatic hydroxyl groups is 3. The number of fused-ring (bicyclic) bond motifs is 1. The molecule has 0 bridgehead atoms. The molecule has 0 saturated carbocycles. The molecular formula is C11H18CaNNaO9S. The van der Waals surface area contributed by atoms with Crippen LogP contribution in [0.4, 0.5) is 4.79 Å². The number of aliphatic hydroxyl groups excluding tert-OH is 3. The zero-order valence-corrected chi connectivity index (χ0v) is 17.8. The topological polar surface area (TPSA) is 181 Å². The Hall–Kier alpha value is 0.0497. The molecule has 0 aliphatic carbocycles. The average molecular weight is 403 g/mol. The zero-order valence-electron chi connectivity index (χ0n) is 15.8. The summed E-state index contributed by atoms with van der Waals surface area (Å²) in [5, 5.41) is 38.0. The maximum absolute atomic E-state index is 11.1. The standard InChI is InChI=1S/C7H5NO3S.C3H8O3.CH2O3.Ca.Na.3H/c9-7-5-3-1-2-4-6(5)12(10,11)8-7;4-1-3(6)2-5;2-1(3)4;;;;;/h1-4H,(H,8,9);3-6H,1-2H2;(H2,2,3,4);;;;;/q;;;+2;+1;3*-1. The molecule has 10 nitrogen and oxygen atoms in total. The average Bonchev–Trinajstić information content (AvgIpc) is 2.69. The van der Waals surface area contributed by atoms with Crippen molar-refractivity contribution in [2.24, 2.45) is 0 Å². The molecule has 0 unspecified atom stereocenters. The van der Waals surface area contributed by atoms with Gasteiger partial charge in [0.2, 0.25) is 0 Å². The number of nitrogens with one attached hydrogen (secondary N) is 1. The monoisotopic (exact) mass is 403 g/mol. The summed E-state index contributed by atoms with van der Waals surface area (Å²) in [7, 11) is -3.55. The fourth-order valence-corrected chi connectivity index (χ4v) is 2.35. The van der Waals surface area contributed by atoms with Crippen LogP contribution in [0.2, 0.25) is 0 Å². The van der Waals surface area contributed by atoms with Crippen LogP contribution in [0, 0.1) is 0 Å². The van der Waals surface area contributed by atoms with Gasteiger partial charge in [0.05, 0.1) is 18.8 Å². The second-order valence-electron chi connectivity index (χ2n) is 3.73. The van der Waals surface area contributed by atoms with E-state index in [2.05, 4.69) is 0 Å². The van der Waals surface area contributed by atoms with Gasteiger partial charge in [-0.1, -0.05) is 12.1 Å². The van der Waals surface area contributed by atoms with Gasteiger partial charge in [-0.05, 0) is 12.1 Å². The number of amides is 1. The van der Waals surface area contributed by atoms with E-state index in [4.69, 9.17) is 30.3 Å². The minimum absolute atomic E-state index is 0. The number of carbonyl (C=O) groups is 2. The third-order valence-corrected chi connectivity index (χ3v) is 3.46. The molecule has 0 atom stereocenters. The van der Waals surface area contributed by atoms with Crippen LogP contribution >= 0.6 is 0 Å². The number of hydrogen-bond donors (Lipinski definition) is 6. The van der Waals surface area contributed by atoms with Gasteiger partial charge in [0.25, 0.3) is 15.9 Å². The third kappa shape index (κ3) is 10.8. The number of rotatable bonds is 2. The zero-order chi connectivity index (χ0) is 17.3. The summed E-state index contributed by atoms with van der Waals surface area (Å²) in [4.78, 5) is 19.6. The maximum atomic E-state index is 11.1. The van der Waals surface area contributed by atoms with E-state index in [-0.39, 0.29) is 95.2 Å². The summed E-state index contributed by atoms with van der Waals surface area (Å²) in [5.41, 5.74) is 0.220. The van der Waals surface area contributed by atoms with Crippen LogP contribution in [-0.2, 0) is 10.0 Å². The van der Waals surface area contributed by atoms with Crippen LogP contribution in [0.5, 0.6) is 0 Å². The molecule has 24 heavy (non-hydrogen) atoms. The Morgan fingerprint density at radius 2 is 1.58 bits per heavy atom. The first-order chi connectivity index (χ1) is 10.2.